The summed E-state index contributed by atoms with van der Waals surface area (Å²) < 4.78 is 5.64. The van der Waals surface area contributed by atoms with E-state index in [9.17, 15) is 4.79 Å². The maximum Gasteiger partial charge on any atom is 0.411 e. The van der Waals surface area contributed by atoms with Crippen LogP contribution < -0.4 is 0 Å². The molecule has 0 aliphatic carbocycles. The van der Waals surface area contributed by atoms with Crippen LogP contribution in [0.2, 0.25) is 0 Å². The molecule has 3 heteroatoms. The molecule has 1 fully saturated rings. The monoisotopic (exact) mass is 313 g/mol. The van der Waals surface area contributed by atoms with E-state index >= 15 is 0 Å². The molecule has 1 aromatic rings. The molecular formula is C20H27NO2. The molecule has 23 heavy (non-hydrogen) atoms. The van der Waals surface area contributed by atoms with Gasteiger partial charge in [0.2, 0.25) is 0 Å². The van der Waals surface area contributed by atoms with E-state index < -0.39 is 5.60 Å². The molecule has 3 rings (SSSR count). The van der Waals surface area contributed by atoms with Gasteiger partial charge in [0, 0.05) is 6.04 Å². The smallest absolute Gasteiger partial charge is 0.411 e. The van der Waals surface area contributed by atoms with Gasteiger partial charge in [-0.05, 0) is 70.1 Å². The fraction of sp³-hybridized carbons (Fsp3) is 0.550. The molecular weight excluding hydrogens is 286 g/mol. The summed E-state index contributed by atoms with van der Waals surface area (Å²) in [7, 11) is 0. The second-order valence-corrected chi connectivity index (χ2v) is 7.75. The third-order valence-corrected chi connectivity index (χ3v) is 4.73. The van der Waals surface area contributed by atoms with Crippen molar-refractivity contribution in [1.82, 2.24) is 4.90 Å². The van der Waals surface area contributed by atoms with Crippen LogP contribution >= 0.6 is 0 Å². The van der Waals surface area contributed by atoms with Gasteiger partial charge in [-0.25, -0.2) is 4.79 Å². The standard InChI is InChI=1S/C20H27NO2/c1-14-8-5-6-11-18(14)15-12-16-9-7-10-17(13-15)21(16)19(22)23-20(2,3)4/h5-6,8,11-12,16-17H,7,9-10,13H2,1-4H3. The number of carbonyl (C=O) groups excluding carboxylic acids is 1. The summed E-state index contributed by atoms with van der Waals surface area (Å²) in [5.41, 5.74) is 3.58. The van der Waals surface area contributed by atoms with Gasteiger partial charge in [0.1, 0.15) is 5.60 Å². The van der Waals surface area contributed by atoms with Crippen LogP contribution in [0.1, 0.15) is 57.6 Å². The second-order valence-electron chi connectivity index (χ2n) is 7.75. The third kappa shape index (κ3) is 3.44. The van der Waals surface area contributed by atoms with E-state index in [0.717, 1.165) is 19.3 Å². The maximum absolute atomic E-state index is 12.6. The summed E-state index contributed by atoms with van der Waals surface area (Å²) in [6.07, 6.45) is 6.35. The Kier molecular flexibility index (Phi) is 4.22. The summed E-state index contributed by atoms with van der Waals surface area (Å²) in [5, 5.41) is 0. The topological polar surface area (TPSA) is 29.5 Å². The highest BCUT2D eigenvalue weighted by atomic mass is 16.6. The van der Waals surface area contributed by atoms with Gasteiger partial charge in [-0.2, -0.15) is 0 Å². The van der Waals surface area contributed by atoms with Gasteiger partial charge in [-0.3, -0.25) is 4.90 Å². The summed E-state index contributed by atoms with van der Waals surface area (Å²) in [6.45, 7) is 7.95. The number of piperidine rings is 1. The quantitative estimate of drug-likeness (QED) is 0.735. The van der Waals surface area contributed by atoms with Crippen molar-refractivity contribution in [3.63, 3.8) is 0 Å². The number of fused-ring (bicyclic) bond motifs is 2. The molecule has 2 heterocycles. The van der Waals surface area contributed by atoms with Crippen molar-refractivity contribution in [3.8, 4) is 0 Å². The Bertz CT molecular complexity index is 627. The van der Waals surface area contributed by atoms with E-state index in [2.05, 4.69) is 37.3 Å². The molecule has 1 amide bonds. The highest BCUT2D eigenvalue weighted by molar-refractivity contribution is 5.75. The number of hydrogen-bond acceptors (Lipinski definition) is 2. The minimum absolute atomic E-state index is 0.160. The van der Waals surface area contributed by atoms with Crippen LogP contribution in [0.4, 0.5) is 4.79 Å². The normalized spacial score (nSPS) is 24.2. The van der Waals surface area contributed by atoms with E-state index in [1.165, 1.54) is 23.1 Å². The summed E-state index contributed by atoms with van der Waals surface area (Å²) in [6, 6.07) is 8.97. The third-order valence-electron chi connectivity index (χ3n) is 4.73. The second kappa shape index (κ2) is 6.03. The van der Waals surface area contributed by atoms with Crippen molar-refractivity contribution in [3.05, 3.63) is 41.5 Å². The SMILES string of the molecule is Cc1ccccc1C1=CC2CCCC(C1)N2C(=O)OC(C)(C)C. The van der Waals surface area contributed by atoms with Crippen LogP contribution in [0, 0.1) is 6.92 Å². The van der Waals surface area contributed by atoms with Gasteiger partial charge in [-0.1, -0.05) is 30.3 Å². The largest absolute Gasteiger partial charge is 0.444 e. The number of aryl methyl sites for hydroxylation is 1. The van der Waals surface area contributed by atoms with Gasteiger partial charge in [-0.15, -0.1) is 0 Å². The molecule has 0 aromatic heterocycles. The van der Waals surface area contributed by atoms with E-state index in [1.807, 2.05) is 25.7 Å². The van der Waals surface area contributed by atoms with Crippen LogP contribution in [0.15, 0.2) is 30.3 Å². The Hall–Kier alpha value is -1.77. The van der Waals surface area contributed by atoms with Crippen LogP contribution in [0.5, 0.6) is 0 Å². The van der Waals surface area contributed by atoms with Crippen LogP contribution in [-0.2, 0) is 4.74 Å². The maximum atomic E-state index is 12.6. The highest BCUT2D eigenvalue weighted by Gasteiger charge is 2.39. The van der Waals surface area contributed by atoms with E-state index in [-0.39, 0.29) is 18.2 Å². The Balaban J connectivity index is 1.88. The van der Waals surface area contributed by atoms with Crippen molar-refractivity contribution < 1.29 is 9.53 Å². The summed E-state index contributed by atoms with van der Waals surface area (Å²) in [5.74, 6) is 0. The lowest BCUT2D eigenvalue weighted by molar-refractivity contribution is 0.0000863. The molecule has 2 aliphatic heterocycles. The number of ether oxygens (including phenoxy) is 1. The number of nitrogens with zero attached hydrogens (tertiary/aromatic N) is 1. The molecule has 3 nitrogen and oxygen atoms in total. The van der Waals surface area contributed by atoms with Crippen molar-refractivity contribution >= 4 is 11.7 Å². The summed E-state index contributed by atoms with van der Waals surface area (Å²) >= 11 is 0. The van der Waals surface area contributed by atoms with E-state index in [4.69, 9.17) is 4.74 Å². The van der Waals surface area contributed by atoms with Gasteiger partial charge in [0.25, 0.3) is 0 Å². The zero-order valence-electron chi connectivity index (χ0n) is 14.6. The Morgan fingerprint density at radius 2 is 1.96 bits per heavy atom. The molecule has 1 saturated heterocycles. The van der Waals surface area contributed by atoms with Crippen molar-refractivity contribution in [2.45, 2.75) is 71.1 Å². The van der Waals surface area contributed by atoms with Crippen molar-refractivity contribution in [1.29, 1.82) is 0 Å². The molecule has 0 radical (unpaired) electrons. The number of rotatable bonds is 1. The molecule has 0 N–H and O–H groups in total. The average molecular weight is 313 g/mol. The fourth-order valence-corrected chi connectivity index (χ4v) is 3.76. The minimum Gasteiger partial charge on any atom is -0.444 e. The zero-order valence-corrected chi connectivity index (χ0v) is 14.6. The molecule has 0 spiro atoms. The fourth-order valence-electron chi connectivity index (χ4n) is 3.76. The molecule has 2 bridgehead atoms. The summed E-state index contributed by atoms with van der Waals surface area (Å²) in [4.78, 5) is 14.6. The van der Waals surface area contributed by atoms with Gasteiger partial charge < -0.3 is 4.74 Å². The molecule has 1 aromatic carbocycles. The lowest BCUT2D eigenvalue weighted by Crippen LogP contribution is -2.53. The van der Waals surface area contributed by atoms with Gasteiger partial charge >= 0.3 is 6.09 Å². The van der Waals surface area contributed by atoms with E-state index in [0.29, 0.717) is 0 Å². The minimum atomic E-state index is -0.439. The average Bonchev–Trinajstić information content (AvgIpc) is 2.44. The number of benzene rings is 1. The molecule has 2 unspecified atom stereocenters. The van der Waals surface area contributed by atoms with Crippen LogP contribution in [-0.4, -0.2) is 28.7 Å². The van der Waals surface area contributed by atoms with Gasteiger partial charge in [0.15, 0.2) is 0 Å². The lowest BCUT2D eigenvalue weighted by Gasteiger charge is -2.45. The zero-order chi connectivity index (χ0) is 16.6. The van der Waals surface area contributed by atoms with Gasteiger partial charge in [0.05, 0.1) is 6.04 Å². The van der Waals surface area contributed by atoms with Crippen LogP contribution in [0.3, 0.4) is 0 Å². The molecule has 124 valence electrons. The Morgan fingerprint density at radius 1 is 1.22 bits per heavy atom. The molecule has 0 saturated carbocycles. The molecule has 2 aliphatic rings. The first kappa shape index (κ1) is 16.1. The first-order valence-electron chi connectivity index (χ1n) is 8.63. The van der Waals surface area contributed by atoms with Crippen LogP contribution in [0.25, 0.3) is 5.57 Å². The number of amides is 1. The van der Waals surface area contributed by atoms with E-state index in [1.54, 1.807) is 0 Å². The predicted octanol–water partition coefficient (Wildman–Crippen LogP) is 4.94. The highest BCUT2D eigenvalue weighted by Crippen LogP contribution is 2.38. The number of hydrogen-bond donors (Lipinski definition) is 0. The predicted molar refractivity (Wildman–Crippen MR) is 93.3 cm³/mol. The Labute approximate surface area is 139 Å². The first-order valence-corrected chi connectivity index (χ1v) is 8.63. The Morgan fingerprint density at radius 3 is 2.61 bits per heavy atom. The lowest BCUT2D eigenvalue weighted by atomic mass is 9.82. The van der Waals surface area contributed by atoms with Crippen molar-refractivity contribution in [2.75, 3.05) is 0 Å². The van der Waals surface area contributed by atoms with Crippen molar-refractivity contribution in [2.24, 2.45) is 0 Å². The number of carbonyl (C=O) groups is 1. The first-order chi connectivity index (χ1) is 10.8. The molecule has 2 atom stereocenters.